The van der Waals surface area contributed by atoms with Crippen molar-refractivity contribution in [2.45, 2.75) is 27.0 Å². The molecule has 3 nitrogen and oxygen atoms in total. The normalized spacial score (nSPS) is 11.2. The highest BCUT2D eigenvalue weighted by molar-refractivity contribution is 6.35. The Morgan fingerprint density at radius 2 is 1.72 bits per heavy atom. The molecule has 4 rings (SSSR count). The number of halogens is 3. The Balaban J connectivity index is 1.75. The first-order valence-electron chi connectivity index (χ1n) is 9.20. The second-order valence-electron chi connectivity index (χ2n) is 6.92. The minimum Gasteiger partial charge on any atom is -0.487 e. The molecule has 0 atom stereocenters. The van der Waals surface area contributed by atoms with Crippen molar-refractivity contribution >= 4 is 45.8 Å². The van der Waals surface area contributed by atoms with Gasteiger partial charge < -0.3 is 9.30 Å². The molecule has 2 aromatic heterocycles. The van der Waals surface area contributed by atoms with Crippen molar-refractivity contribution in [2.75, 3.05) is 0 Å². The van der Waals surface area contributed by atoms with Crippen molar-refractivity contribution < 1.29 is 4.74 Å². The van der Waals surface area contributed by atoms with Crippen molar-refractivity contribution in [3.05, 3.63) is 92.2 Å². The van der Waals surface area contributed by atoms with Crippen LogP contribution in [0.25, 0.3) is 11.0 Å². The third-order valence-corrected chi connectivity index (χ3v) is 6.10. The van der Waals surface area contributed by atoms with Gasteiger partial charge in [0, 0.05) is 45.1 Å². The first-order valence-corrected chi connectivity index (χ1v) is 10.3. The molecule has 0 fully saturated rings. The number of benzene rings is 2. The van der Waals surface area contributed by atoms with Gasteiger partial charge in [0.15, 0.2) is 0 Å². The van der Waals surface area contributed by atoms with E-state index in [9.17, 15) is 0 Å². The zero-order valence-electron chi connectivity index (χ0n) is 16.0. The van der Waals surface area contributed by atoms with Crippen molar-refractivity contribution in [1.29, 1.82) is 0 Å². The number of rotatable bonds is 5. The van der Waals surface area contributed by atoms with Gasteiger partial charge >= 0.3 is 0 Å². The molecule has 4 aromatic rings. The zero-order valence-corrected chi connectivity index (χ0v) is 18.3. The molecule has 29 heavy (non-hydrogen) atoms. The van der Waals surface area contributed by atoms with Crippen LogP contribution in [0.5, 0.6) is 5.75 Å². The van der Waals surface area contributed by atoms with Crippen molar-refractivity contribution in [2.24, 2.45) is 0 Å². The van der Waals surface area contributed by atoms with Gasteiger partial charge in [-0.05, 0) is 43.2 Å². The smallest absolute Gasteiger partial charge is 0.147 e. The van der Waals surface area contributed by atoms with Crippen LogP contribution in [0, 0.1) is 13.8 Å². The lowest BCUT2D eigenvalue weighted by Gasteiger charge is -2.14. The second kappa shape index (κ2) is 8.27. The van der Waals surface area contributed by atoms with E-state index >= 15 is 0 Å². The standard InChI is InChI=1S/C23H19Cl3N2O/c1-14-15(2)28(12-16-5-3-4-6-19(16)25)23-21(9-10-27-22(14)23)29-13-17-7-8-18(24)11-20(17)26/h3-11H,12-13H2,1-2H3. The maximum Gasteiger partial charge on any atom is 0.147 e. The van der Waals surface area contributed by atoms with Crippen LogP contribution >= 0.6 is 34.8 Å². The Labute approximate surface area is 184 Å². The lowest BCUT2D eigenvalue weighted by molar-refractivity contribution is 0.308. The van der Waals surface area contributed by atoms with Gasteiger partial charge in [-0.25, -0.2) is 0 Å². The summed E-state index contributed by atoms with van der Waals surface area (Å²) in [5.41, 5.74) is 6.06. The molecule has 0 N–H and O–H groups in total. The number of nitrogens with zero attached hydrogens (tertiary/aromatic N) is 2. The summed E-state index contributed by atoms with van der Waals surface area (Å²) in [5, 5.41) is 1.93. The van der Waals surface area contributed by atoms with Crippen LogP contribution in [0.2, 0.25) is 15.1 Å². The van der Waals surface area contributed by atoms with Crippen LogP contribution in [0.3, 0.4) is 0 Å². The SMILES string of the molecule is Cc1c(C)n(Cc2ccccc2Cl)c2c(OCc3ccc(Cl)cc3Cl)ccnc12. The largest absolute Gasteiger partial charge is 0.487 e. The number of hydrogen-bond donors (Lipinski definition) is 0. The fourth-order valence-electron chi connectivity index (χ4n) is 3.42. The average molecular weight is 446 g/mol. The molecule has 0 bridgehead atoms. The van der Waals surface area contributed by atoms with Gasteiger partial charge in [0.25, 0.3) is 0 Å². The molecule has 0 aliphatic carbocycles. The molecule has 0 saturated carbocycles. The third-order valence-electron chi connectivity index (χ3n) is 5.14. The number of ether oxygens (including phenoxy) is 1. The van der Waals surface area contributed by atoms with Gasteiger partial charge in [-0.1, -0.05) is 59.1 Å². The van der Waals surface area contributed by atoms with E-state index in [-0.39, 0.29) is 0 Å². The van der Waals surface area contributed by atoms with Crippen LogP contribution < -0.4 is 4.74 Å². The van der Waals surface area contributed by atoms with Crippen molar-refractivity contribution in [3.63, 3.8) is 0 Å². The lowest BCUT2D eigenvalue weighted by atomic mass is 10.2. The number of aromatic nitrogens is 2. The van der Waals surface area contributed by atoms with Gasteiger partial charge in [-0.15, -0.1) is 0 Å². The number of hydrogen-bond acceptors (Lipinski definition) is 2. The van der Waals surface area contributed by atoms with Crippen LogP contribution in [0.1, 0.15) is 22.4 Å². The fourth-order valence-corrected chi connectivity index (χ4v) is 4.08. The molecule has 6 heteroatoms. The Morgan fingerprint density at radius 1 is 0.931 bits per heavy atom. The van der Waals surface area contributed by atoms with Gasteiger partial charge in [-0.3, -0.25) is 4.98 Å². The first kappa shape index (κ1) is 20.1. The summed E-state index contributed by atoms with van der Waals surface area (Å²) in [5.74, 6) is 0.754. The molecule has 0 radical (unpaired) electrons. The zero-order chi connectivity index (χ0) is 20.5. The van der Waals surface area contributed by atoms with E-state index in [4.69, 9.17) is 39.5 Å². The summed E-state index contributed by atoms with van der Waals surface area (Å²) in [6, 6.07) is 15.2. The molecule has 148 valence electrons. The molecular weight excluding hydrogens is 427 g/mol. The Morgan fingerprint density at radius 3 is 2.48 bits per heavy atom. The average Bonchev–Trinajstić information content (AvgIpc) is 2.94. The van der Waals surface area contributed by atoms with E-state index in [1.54, 1.807) is 12.3 Å². The minimum absolute atomic E-state index is 0.338. The number of aryl methyl sites for hydroxylation is 1. The molecule has 0 unspecified atom stereocenters. The number of fused-ring (bicyclic) bond motifs is 1. The van der Waals surface area contributed by atoms with Crippen LogP contribution in [0.4, 0.5) is 0 Å². The lowest BCUT2D eigenvalue weighted by Crippen LogP contribution is -2.05. The number of pyridine rings is 1. The molecule has 0 aliphatic heterocycles. The Hall–Kier alpha value is -2.20. The van der Waals surface area contributed by atoms with Crippen LogP contribution in [-0.4, -0.2) is 9.55 Å². The van der Waals surface area contributed by atoms with Gasteiger partial charge in [-0.2, -0.15) is 0 Å². The van der Waals surface area contributed by atoms with E-state index < -0.39 is 0 Å². The summed E-state index contributed by atoms with van der Waals surface area (Å²) in [6.45, 7) is 5.14. The first-order chi connectivity index (χ1) is 14.0. The monoisotopic (exact) mass is 444 g/mol. The molecule has 0 saturated heterocycles. The highest BCUT2D eigenvalue weighted by Crippen LogP contribution is 2.33. The van der Waals surface area contributed by atoms with E-state index in [1.807, 2.05) is 42.5 Å². The minimum atomic E-state index is 0.338. The van der Waals surface area contributed by atoms with E-state index in [0.29, 0.717) is 23.2 Å². The van der Waals surface area contributed by atoms with Gasteiger partial charge in [0.1, 0.15) is 17.9 Å². The quantitative estimate of drug-likeness (QED) is 0.324. The van der Waals surface area contributed by atoms with E-state index in [2.05, 4.69) is 23.4 Å². The van der Waals surface area contributed by atoms with Gasteiger partial charge in [0.2, 0.25) is 0 Å². The fraction of sp³-hybridized carbons (Fsp3) is 0.174. The molecule has 2 aromatic carbocycles. The Bertz CT molecular complexity index is 1200. The van der Waals surface area contributed by atoms with Gasteiger partial charge in [0.05, 0.1) is 5.52 Å². The van der Waals surface area contributed by atoms with Crippen molar-refractivity contribution in [3.8, 4) is 5.75 Å². The maximum atomic E-state index is 6.41. The molecule has 0 spiro atoms. The molecular formula is C23H19Cl3N2O. The Kier molecular flexibility index (Phi) is 5.73. The topological polar surface area (TPSA) is 27.1 Å². The van der Waals surface area contributed by atoms with Crippen molar-refractivity contribution in [1.82, 2.24) is 9.55 Å². The highest BCUT2D eigenvalue weighted by Gasteiger charge is 2.17. The maximum absolute atomic E-state index is 6.41. The summed E-state index contributed by atoms with van der Waals surface area (Å²) in [6.07, 6.45) is 1.77. The summed E-state index contributed by atoms with van der Waals surface area (Å²) in [4.78, 5) is 4.59. The van der Waals surface area contributed by atoms with Crippen LogP contribution in [-0.2, 0) is 13.2 Å². The van der Waals surface area contributed by atoms with E-state index in [1.165, 1.54) is 0 Å². The predicted molar refractivity (Wildman–Crippen MR) is 121 cm³/mol. The van der Waals surface area contributed by atoms with Crippen LogP contribution in [0.15, 0.2) is 54.7 Å². The summed E-state index contributed by atoms with van der Waals surface area (Å²) >= 11 is 18.7. The summed E-state index contributed by atoms with van der Waals surface area (Å²) < 4.78 is 8.39. The molecule has 2 heterocycles. The third kappa shape index (κ3) is 3.95. The molecule has 0 amide bonds. The second-order valence-corrected chi connectivity index (χ2v) is 8.17. The summed E-state index contributed by atoms with van der Waals surface area (Å²) in [7, 11) is 0. The molecule has 0 aliphatic rings. The highest BCUT2D eigenvalue weighted by atomic mass is 35.5. The van der Waals surface area contributed by atoms with E-state index in [0.717, 1.165) is 44.2 Å². The predicted octanol–water partition coefficient (Wildman–Crippen LogP) is 7.24.